The van der Waals surface area contributed by atoms with E-state index in [1.165, 1.54) is 51.6 Å². The Hall–Kier alpha value is -0.0800. The molecule has 0 saturated heterocycles. The molecule has 2 unspecified atom stereocenters. The van der Waals surface area contributed by atoms with Crippen LogP contribution in [0.2, 0.25) is 0 Å². The first-order valence-corrected chi connectivity index (χ1v) is 7.29. The molecule has 0 aromatic rings. The number of hydrogen-bond acceptors (Lipinski definition) is 2. The van der Waals surface area contributed by atoms with Crippen molar-refractivity contribution in [1.29, 1.82) is 0 Å². The van der Waals surface area contributed by atoms with Gasteiger partial charge >= 0.3 is 0 Å². The van der Waals surface area contributed by atoms with Crippen LogP contribution in [0.1, 0.15) is 59.3 Å². The highest BCUT2D eigenvalue weighted by molar-refractivity contribution is 4.83. The predicted molar refractivity (Wildman–Crippen MR) is 71.9 cm³/mol. The van der Waals surface area contributed by atoms with Gasteiger partial charge in [-0.3, -0.25) is 0 Å². The Balaban J connectivity index is 2.37. The van der Waals surface area contributed by atoms with Crippen LogP contribution in [0.15, 0.2) is 0 Å². The van der Waals surface area contributed by atoms with Crippen LogP contribution in [0, 0.1) is 0 Å². The number of nitrogens with zero attached hydrogens (tertiary/aromatic N) is 1. The topological polar surface area (TPSA) is 15.3 Å². The first-order valence-electron chi connectivity index (χ1n) is 7.29. The molecule has 0 aromatic heterocycles. The molecule has 1 fully saturated rings. The Kier molecular flexibility index (Phi) is 7.06. The highest BCUT2D eigenvalue weighted by Gasteiger charge is 2.24. The lowest BCUT2D eigenvalue weighted by Gasteiger charge is -2.37. The van der Waals surface area contributed by atoms with E-state index in [0.29, 0.717) is 0 Å². The highest BCUT2D eigenvalue weighted by Crippen LogP contribution is 2.23. The summed E-state index contributed by atoms with van der Waals surface area (Å²) in [5, 5.41) is 3.62. The molecule has 1 rings (SSSR count). The lowest BCUT2D eigenvalue weighted by atomic mass is 9.89. The third kappa shape index (κ3) is 4.42. The standard InChI is InChI=1S/C14H30N2/c1-4-7-11-16(6-3)14-10-8-9-13(12-14)15-5-2/h13-15H,4-12H2,1-3H3. The lowest BCUT2D eigenvalue weighted by Crippen LogP contribution is -2.44. The van der Waals surface area contributed by atoms with Gasteiger partial charge in [-0.2, -0.15) is 0 Å². The normalized spacial score (nSPS) is 26.2. The van der Waals surface area contributed by atoms with Crippen LogP contribution in [0.4, 0.5) is 0 Å². The Morgan fingerprint density at radius 2 is 2.00 bits per heavy atom. The van der Waals surface area contributed by atoms with Crippen LogP contribution < -0.4 is 5.32 Å². The molecule has 0 aliphatic heterocycles. The maximum atomic E-state index is 3.62. The van der Waals surface area contributed by atoms with Crippen LogP contribution in [-0.4, -0.2) is 36.6 Å². The van der Waals surface area contributed by atoms with Crippen LogP contribution in [0.3, 0.4) is 0 Å². The maximum Gasteiger partial charge on any atom is 0.0110 e. The zero-order valence-corrected chi connectivity index (χ0v) is 11.5. The predicted octanol–water partition coefficient (Wildman–Crippen LogP) is 3.03. The summed E-state index contributed by atoms with van der Waals surface area (Å²) in [5.41, 5.74) is 0. The first kappa shape index (κ1) is 14.0. The van der Waals surface area contributed by atoms with Crippen molar-refractivity contribution in [3.8, 4) is 0 Å². The van der Waals surface area contributed by atoms with Crippen molar-refractivity contribution >= 4 is 0 Å². The molecule has 0 aromatic carbocycles. The van der Waals surface area contributed by atoms with E-state index in [1.54, 1.807) is 0 Å². The Morgan fingerprint density at radius 1 is 1.19 bits per heavy atom. The SMILES string of the molecule is CCCCN(CC)C1CCCC(NCC)C1. The molecule has 1 saturated carbocycles. The van der Waals surface area contributed by atoms with Gasteiger partial charge < -0.3 is 10.2 Å². The molecule has 0 amide bonds. The van der Waals surface area contributed by atoms with Crippen molar-refractivity contribution < 1.29 is 0 Å². The van der Waals surface area contributed by atoms with Gasteiger partial charge in [0.05, 0.1) is 0 Å². The summed E-state index contributed by atoms with van der Waals surface area (Å²) in [6.45, 7) is 10.5. The molecule has 1 aliphatic carbocycles. The monoisotopic (exact) mass is 226 g/mol. The summed E-state index contributed by atoms with van der Waals surface area (Å²) >= 11 is 0. The van der Waals surface area contributed by atoms with E-state index in [9.17, 15) is 0 Å². The molecule has 1 N–H and O–H groups in total. The summed E-state index contributed by atoms with van der Waals surface area (Å²) in [5.74, 6) is 0. The van der Waals surface area contributed by atoms with Crippen LogP contribution in [0.5, 0.6) is 0 Å². The summed E-state index contributed by atoms with van der Waals surface area (Å²) in [6, 6.07) is 1.62. The molecule has 2 atom stereocenters. The first-order chi connectivity index (χ1) is 7.81. The summed E-state index contributed by atoms with van der Waals surface area (Å²) in [6.07, 6.45) is 8.25. The van der Waals surface area contributed by atoms with Gasteiger partial charge in [0.25, 0.3) is 0 Å². The lowest BCUT2D eigenvalue weighted by molar-refractivity contribution is 0.144. The van der Waals surface area contributed by atoms with Gasteiger partial charge in [-0.15, -0.1) is 0 Å². The minimum Gasteiger partial charge on any atom is -0.314 e. The minimum absolute atomic E-state index is 0.777. The van der Waals surface area contributed by atoms with Gasteiger partial charge in [0.1, 0.15) is 0 Å². The van der Waals surface area contributed by atoms with E-state index in [1.807, 2.05) is 0 Å². The largest absolute Gasteiger partial charge is 0.314 e. The van der Waals surface area contributed by atoms with Gasteiger partial charge in [0.2, 0.25) is 0 Å². The second-order valence-electron chi connectivity index (χ2n) is 5.06. The molecule has 0 radical (unpaired) electrons. The number of nitrogens with one attached hydrogen (secondary N) is 1. The fourth-order valence-electron chi connectivity index (χ4n) is 2.93. The van der Waals surface area contributed by atoms with Gasteiger partial charge in [-0.1, -0.05) is 33.6 Å². The molecule has 0 spiro atoms. The maximum absolute atomic E-state index is 3.62. The van der Waals surface area contributed by atoms with Gasteiger partial charge in [0.15, 0.2) is 0 Å². The third-order valence-electron chi connectivity index (χ3n) is 3.86. The number of hydrogen-bond donors (Lipinski definition) is 1. The van der Waals surface area contributed by atoms with E-state index in [-0.39, 0.29) is 0 Å². The second kappa shape index (κ2) is 8.08. The third-order valence-corrected chi connectivity index (χ3v) is 3.86. The highest BCUT2D eigenvalue weighted by atomic mass is 15.2. The molecule has 16 heavy (non-hydrogen) atoms. The average Bonchev–Trinajstić information content (AvgIpc) is 2.31. The molecule has 0 bridgehead atoms. The summed E-state index contributed by atoms with van der Waals surface area (Å²) in [4.78, 5) is 2.70. The van der Waals surface area contributed by atoms with Gasteiger partial charge in [-0.05, 0) is 45.3 Å². The molecule has 2 heteroatoms. The number of unbranched alkanes of at least 4 members (excludes halogenated alkanes) is 1. The van der Waals surface area contributed by atoms with Crippen LogP contribution >= 0.6 is 0 Å². The van der Waals surface area contributed by atoms with Crippen molar-refractivity contribution in [3.05, 3.63) is 0 Å². The van der Waals surface area contributed by atoms with Crippen LogP contribution in [-0.2, 0) is 0 Å². The van der Waals surface area contributed by atoms with Gasteiger partial charge in [-0.25, -0.2) is 0 Å². The van der Waals surface area contributed by atoms with E-state index in [0.717, 1.165) is 18.6 Å². The van der Waals surface area contributed by atoms with Crippen molar-refractivity contribution in [2.45, 2.75) is 71.4 Å². The number of rotatable bonds is 7. The van der Waals surface area contributed by atoms with E-state index < -0.39 is 0 Å². The fraction of sp³-hybridized carbons (Fsp3) is 1.00. The van der Waals surface area contributed by atoms with Crippen molar-refractivity contribution in [2.24, 2.45) is 0 Å². The van der Waals surface area contributed by atoms with Crippen molar-refractivity contribution in [3.63, 3.8) is 0 Å². The minimum atomic E-state index is 0.777. The molecule has 96 valence electrons. The van der Waals surface area contributed by atoms with Gasteiger partial charge in [0, 0.05) is 12.1 Å². The smallest absolute Gasteiger partial charge is 0.0110 e. The van der Waals surface area contributed by atoms with Crippen molar-refractivity contribution in [1.82, 2.24) is 10.2 Å². The summed E-state index contributed by atoms with van der Waals surface area (Å²) in [7, 11) is 0. The Labute approximate surface area is 102 Å². The average molecular weight is 226 g/mol. The van der Waals surface area contributed by atoms with Crippen LogP contribution in [0.25, 0.3) is 0 Å². The zero-order valence-electron chi connectivity index (χ0n) is 11.5. The molecule has 2 nitrogen and oxygen atoms in total. The molecule has 0 heterocycles. The molecular formula is C14H30N2. The van der Waals surface area contributed by atoms with E-state index in [4.69, 9.17) is 0 Å². The van der Waals surface area contributed by atoms with Crippen molar-refractivity contribution in [2.75, 3.05) is 19.6 Å². The Morgan fingerprint density at radius 3 is 2.62 bits per heavy atom. The second-order valence-corrected chi connectivity index (χ2v) is 5.06. The summed E-state index contributed by atoms with van der Waals surface area (Å²) < 4.78 is 0. The Bertz CT molecular complexity index is 168. The molecule has 1 aliphatic rings. The van der Waals surface area contributed by atoms with E-state index >= 15 is 0 Å². The molecular weight excluding hydrogens is 196 g/mol. The quantitative estimate of drug-likeness (QED) is 0.718. The zero-order chi connectivity index (χ0) is 11.8. The van der Waals surface area contributed by atoms with E-state index in [2.05, 4.69) is 31.0 Å². The fourth-order valence-corrected chi connectivity index (χ4v) is 2.93.